The standard InChI is InChI=1S/C2H4O2.CH2O3.2Sr.4H/c1-2(3)4;2-1(3)4;;;;;;/h1H3,(H,3,4);(H2,2,3,4);;;;;;. The monoisotopic (exact) mass is 302 g/mol. The van der Waals surface area contributed by atoms with Crippen LogP contribution in [0.1, 0.15) is 6.92 Å². The summed E-state index contributed by atoms with van der Waals surface area (Å²) >= 11 is 0. The zero-order valence-corrected chi connectivity index (χ0v) is 4.16. The SMILES string of the molecule is CC(=O)O.O=C(O)O.[SrH2].[SrH2]. The van der Waals surface area contributed by atoms with Gasteiger partial charge in [-0.3, -0.25) is 4.79 Å². The van der Waals surface area contributed by atoms with Crippen LogP contribution in [0.4, 0.5) is 4.79 Å². The molecule has 0 spiro atoms. The Balaban J connectivity index is -0.0000000300. The van der Waals surface area contributed by atoms with E-state index in [2.05, 4.69) is 0 Å². The van der Waals surface area contributed by atoms with Crippen LogP contribution in [-0.2, 0) is 4.79 Å². The molecule has 5 nitrogen and oxygen atoms in total. The van der Waals surface area contributed by atoms with Crippen LogP contribution in [0.5, 0.6) is 0 Å². The first kappa shape index (κ1) is 22.6. The maximum absolute atomic E-state index is 9.00. The molecular weight excluding hydrogens is 291 g/mol. The Morgan fingerprint density at radius 1 is 1.00 bits per heavy atom. The quantitative estimate of drug-likeness (QED) is 0.472. The molecule has 0 atom stereocenters. The van der Waals surface area contributed by atoms with Crippen molar-refractivity contribution in [1.82, 2.24) is 0 Å². The van der Waals surface area contributed by atoms with Gasteiger partial charge in [0.2, 0.25) is 0 Å². The third kappa shape index (κ3) is 254. The molecule has 10 heavy (non-hydrogen) atoms. The topological polar surface area (TPSA) is 94.8 Å². The number of carboxylic acid groups (broad SMARTS) is 3. The van der Waals surface area contributed by atoms with Gasteiger partial charge in [-0.15, -0.1) is 0 Å². The van der Waals surface area contributed by atoms with Gasteiger partial charge < -0.3 is 15.3 Å². The van der Waals surface area contributed by atoms with Crippen LogP contribution in [0.2, 0.25) is 0 Å². The number of hydrogen-bond donors (Lipinski definition) is 3. The van der Waals surface area contributed by atoms with Gasteiger partial charge >= 0.3 is 97.1 Å². The zero-order valence-electron chi connectivity index (χ0n) is 4.16. The molecule has 0 heterocycles. The number of hydrogen-bond acceptors (Lipinski definition) is 2. The average Bonchev–Trinajstić information content (AvgIpc) is 1.25. The van der Waals surface area contributed by atoms with Crippen LogP contribution in [0.3, 0.4) is 0 Å². The summed E-state index contributed by atoms with van der Waals surface area (Å²) < 4.78 is 0. The summed E-state index contributed by atoms with van der Waals surface area (Å²) in [5.74, 6) is -0.833. The minimum absolute atomic E-state index is 0. The van der Waals surface area contributed by atoms with Crippen molar-refractivity contribution in [3.05, 3.63) is 0 Å². The van der Waals surface area contributed by atoms with Gasteiger partial charge in [-0.2, -0.15) is 0 Å². The maximum atomic E-state index is 9.00. The second kappa shape index (κ2) is 17.0. The molecule has 0 aromatic carbocycles. The molecule has 0 unspecified atom stereocenters. The van der Waals surface area contributed by atoms with Gasteiger partial charge in [-0.05, 0) is 0 Å². The van der Waals surface area contributed by atoms with Crippen LogP contribution in [0.25, 0.3) is 0 Å². The molecule has 0 radical (unpaired) electrons. The zero-order chi connectivity index (χ0) is 7.15. The first-order chi connectivity index (χ1) is 3.46. The van der Waals surface area contributed by atoms with Crippen LogP contribution >= 0.6 is 0 Å². The molecular formula is C3H10O5Sr2. The van der Waals surface area contributed by atoms with Crippen molar-refractivity contribution < 1.29 is 24.9 Å². The third-order valence-corrected chi connectivity index (χ3v) is 0. The predicted octanol–water partition coefficient (Wildman–Crippen LogP) is -1.52. The number of aliphatic carboxylic acids is 1. The first-order valence-corrected chi connectivity index (χ1v) is 1.58. The molecule has 0 rings (SSSR count). The number of carbonyl (C=O) groups is 2. The van der Waals surface area contributed by atoms with E-state index < -0.39 is 12.1 Å². The molecule has 0 saturated carbocycles. The van der Waals surface area contributed by atoms with Crippen molar-refractivity contribution in [3.8, 4) is 0 Å². The van der Waals surface area contributed by atoms with E-state index >= 15 is 0 Å². The Kier molecular flexibility index (Phi) is 38.4. The van der Waals surface area contributed by atoms with Crippen molar-refractivity contribution in [2.45, 2.75) is 6.92 Å². The fourth-order valence-corrected chi connectivity index (χ4v) is 0. The summed E-state index contributed by atoms with van der Waals surface area (Å²) in [6.07, 6.45) is -1.83. The molecule has 0 saturated heterocycles. The second-order valence-corrected chi connectivity index (χ2v) is 0.802. The van der Waals surface area contributed by atoms with Gasteiger partial charge in [0.1, 0.15) is 0 Å². The van der Waals surface area contributed by atoms with Crippen LogP contribution in [0.15, 0.2) is 0 Å². The fourth-order valence-electron chi connectivity index (χ4n) is 0. The Morgan fingerprint density at radius 3 is 1.00 bits per heavy atom. The van der Waals surface area contributed by atoms with E-state index in [0.717, 1.165) is 6.92 Å². The molecule has 0 aliphatic heterocycles. The summed E-state index contributed by atoms with van der Waals surface area (Å²) in [5.41, 5.74) is 0. The molecule has 0 aromatic rings. The molecule has 7 heteroatoms. The summed E-state index contributed by atoms with van der Waals surface area (Å²) in [4.78, 5) is 17.6. The fraction of sp³-hybridized carbons (Fsp3) is 0.333. The molecule has 0 amide bonds. The molecule has 0 bridgehead atoms. The average molecular weight is 301 g/mol. The van der Waals surface area contributed by atoms with Gasteiger partial charge in [0.25, 0.3) is 5.97 Å². The summed E-state index contributed by atoms with van der Waals surface area (Å²) in [5, 5.41) is 21.4. The van der Waals surface area contributed by atoms with Crippen molar-refractivity contribution in [3.63, 3.8) is 0 Å². The van der Waals surface area contributed by atoms with Crippen LogP contribution < -0.4 is 0 Å². The second-order valence-electron chi connectivity index (χ2n) is 0.802. The van der Waals surface area contributed by atoms with E-state index in [1.807, 2.05) is 0 Å². The Hall–Kier alpha value is 1.70. The van der Waals surface area contributed by atoms with Crippen molar-refractivity contribution in [2.75, 3.05) is 0 Å². The summed E-state index contributed by atoms with van der Waals surface area (Å²) in [6.45, 7) is 1.08. The van der Waals surface area contributed by atoms with E-state index in [-0.39, 0.29) is 91.0 Å². The van der Waals surface area contributed by atoms with Crippen molar-refractivity contribution in [1.29, 1.82) is 0 Å². The number of rotatable bonds is 0. The molecule has 0 aromatic heterocycles. The first-order valence-electron chi connectivity index (χ1n) is 1.58. The third-order valence-electron chi connectivity index (χ3n) is 0. The van der Waals surface area contributed by atoms with Crippen LogP contribution in [0, 0.1) is 0 Å². The van der Waals surface area contributed by atoms with Gasteiger partial charge in [0.15, 0.2) is 0 Å². The summed E-state index contributed by atoms with van der Waals surface area (Å²) in [6, 6.07) is 0. The van der Waals surface area contributed by atoms with Crippen molar-refractivity contribution >= 4 is 103 Å². The predicted molar refractivity (Wildman–Crippen MR) is 41.1 cm³/mol. The van der Waals surface area contributed by atoms with E-state index in [1.54, 1.807) is 0 Å². The Bertz CT molecular complexity index is 72.9. The van der Waals surface area contributed by atoms with Crippen LogP contribution in [-0.4, -0.2) is 118 Å². The van der Waals surface area contributed by atoms with E-state index in [0.29, 0.717) is 0 Å². The molecule has 0 aliphatic carbocycles. The van der Waals surface area contributed by atoms with Gasteiger partial charge in [0, 0.05) is 6.92 Å². The van der Waals surface area contributed by atoms with Gasteiger partial charge in [0.05, 0.1) is 0 Å². The summed E-state index contributed by atoms with van der Waals surface area (Å²) in [7, 11) is 0. The van der Waals surface area contributed by atoms with E-state index in [4.69, 9.17) is 24.9 Å². The van der Waals surface area contributed by atoms with E-state index in [1.165, 1.54) is 0 Å². The van der Waals surface area contributed by atoms with Gasteiger partial charge in [-0.25, -0.2) is 4.79 Å². The molecule has 0 fully saturated rings. The minimum atomic E-state index is -1.83. The molecule has 3 N–H and O–H groups in total. The Labute approximate surface area is 132 Å². The molecule has 56 valence electrons. The van der Waals surface area contributed by atoms with E-state index in [9.17, 15) is 0 Å². The Morgan fingerprint density at radius 2 is 1.00 bits per heavy atom. The normalized spacial score (nSPS) is 4.90. The van der Waals surface area contributed by atoms with Crippen molar-refractivity contribution in [2.24, 2.45) is 0 Å². The number of carboxylic acids is 1. The molecule has 0 aliphatic rings. The van der Waals surface area contributed by atoms with Gasteiger partial charge in [-0.1, -0.05) is 0 Å².